The second-order valence-corrected chi connectivity index (χ2v) is 4.11. The minimum Gasteiger partial charge on any atom is -0.324 e. The Bertz CT molecular complexity index is 386. The van der Waals surface area contributed by atoms with Crippen LogP contribution in [-0.4, -0.2) is 0 Å². The maximum absolute atomic E-state index is 8.83. The number of hydrogen-bond donors (Lipinski definition) is 1. The number of aryl methyl sites for hydroxylation is 1. The van der Waals surface area contributed by atoms with Gasteiger partial charge in [-0.15, -0.1) is 0 Å². The second kappa shape index (κ2) is 3.43. The third kappa shape index (κ3) is 1.78. The largest absolute Gasteiger partial charge is 0.324 e. The molecule has 0 amide bonds. The summed E-state index contributed by atoms with van der Waals surface area (Å²) in [6.07, 6.45) is 2.47. The van der Waals surface area contributed by atoms with Crippen LogP contribution < -0.4 is 5.73 Å². The minimum absolute atomic E-state index is 0.127. The van der Waals surface area contributed by atoms with Gasteiger partial charge >= 0.3 is 0 Å². The number of nitrogens with two attached hydrogens (primary N) is 1. The molecule has 1 aliphatic carbocycles. The van der Waals surface area contributed by atoms with E-state index in [1.165, 1.54) is 12.8 Å². The van der Waals surface area contributed by atoms with Gasteiger partial charge in [-0.2, -0.15) is 5.26 Å². The molecule has 2 N–H and O–H groups in total. The number of rotatable bonds is 2. The molecule has 1 unspecified atom stereocenters. The fourth-order valence-corrected chi connectivity index (χ4v) is 1.80. The molecule has 1 atom stereocenters. The monoisotopic (exact) mass is 186 g/mol. The summed E-state index contributed by atoms with van der Waals surface area (Å²) in [5.74, 6) is 0.642. The molecule has 0 aliphatic heterocycles. The molecule has 0 bridgehead atoms. The standard InChI is InChI=1S/C12H14N2/c1-8-4-9(7-13)6-11(5-8)12(14)10-2-3-10/h4-6,10,12H,2-3,14H2,1H3. The van der Waals surface area contributed by atoms with E-state index in [1.807, 2.05) is 19.1 Å². The van der Waals surface area contributed by atoms with E-state index < -0.39 is 0 Å². The number of nitrogens with zero attached hydrogens (tertiary/aromatic N) is 1. The van der Waals surface area contributed by atoms with Crippen LogP contribution in [0.4, 0.5) is 0 Å². The highest BCUT2D eigenvalue weighted by Gasteiger charge is 2.29. The normalized spacial score (nSPS) is 17.5. The van der Waals surface area contributed by atoms with Crippen LogP contribution in [-0.2, 0) is 0 Å². The molecule has 1 aromatic rings. The van der Waals surface area contributed by atoms with Gasteiger partial charge in [0.15, 0.2) is 0 Å². The maximum atomic E-state index is 8.83. The van der Waals surface area contributed by atoms with Crippen LogP contribution in [0.15, 0.2) is 18.2 Å². The summed E-state index contributed by atoms with van der Waals surface area (Å²) in [4.78, 5) is 0. The van der Waals surface area contributed by atoms with Crippen molar-refractivity contribution in [2.75, 3.05) is 0 Å². The highest BCUT2D eigenvalue weighted by molar-refractivity contribution is 5.38. The minimum atomic E-state index is 0.127. The van der Waals surface area contributed by atoms with Crippen LogP contribution >= 0.6 is 0 Å². The van der Waals surface area contributed by atoms with Crippen LogP contribution in [0, 0.1) is 24.2 Å². The van der Waals surface area contributed by atoms with Crippen molar-refractivity contribution in [1.29, 1.82) is 5.26 Å². The van der Waals surface area contributed by atoms with Crippen molar-refractivity contribution >= 4 is 0 Å². The average Bonchev–Trinajstić information content (AvgIpc) is 2.99. The summed E-state index contributed by atoms with van der Waals surface area (Å²) in [7, 11) is 0. The van der Waals surface area contributed by atoms with Gasteiger partial charge in [-0.25, -0.2) is 0 Å². The summed E-state index contributed by atoms with van der Waals surface area (Å²) >= 11 is 0. The first kappa shape index (κ1) is 9.23. The van der Waals surface area contributed by atoms with E-state index >= 15 is 0 Å². The third-order valence-corrected chi connectivity index (χ3v) is 2.74. The van der Waals surface area contributed by atoms with Crippen LogP contribution in [0.3, 0.4) is 0 Å². The lowest BCUT2D eigenvalue weighted by molar-refractivity contribution is 0.633. The molecule has 0 saturated heterocycles. The molecule has 72 valence electrons. The Morgan fingerprint density at radius 1 is 1.43 bits per heavy atom. The number of nitriles is 1. The van der Waals surface area contributed by atoms with E-state index in [9.17, 15) is 0 Å². The van der Waals surface area contributed by atoms with Gasteiger partial charge in [0.05, 0.1) is 11.6 Å². The predicted octanol–water partition coefficient (Wildman–Crippen LogP) is 2.28. The van der Waals surface area contributed by atoms with Crippen LogP contribution in [0.2, 0.25) is 0 Å². The van der Waals surface area contributed by atoms with Crippen LogP contribution in [0.25, 0.3) is 0 Å². The fraction of sp³-hybridized carbons (Fsp3) is 0.417. The molecule has 0 radical (unpaired) electrons. The highest BCUT2D eigenvalue weighted by Crippen LogP contribution is 2.39. The van der Waals surface area contributed by atoms with Crippen molar-refractivity contribution < 1.29 is 0 Å². The van der Waals surface area contributed by atoms with E-state index in [-0.39, 0.29) is 6.04 Å². The Morgan fingerprint density at radius 3 is 2.71 bits per heavy atom. The molecule has 1 saturated carbocycles. The van der Waals surface area contributed by atoms with E-state index in [4.69, 9.17) is 11.0 Å². The molecule has 0 heterocycles. The van der Waals surface area contributed by atoms with Crippen molar-refractivity contribution in [3.63, 3.8) is 0 Å². The van der Waals surface area contributed by atoms with Gasteiger partial charge in [0.25, 0.3) is 0 Å². The summed E-state index contributed by atoms with van der Waals surface area (Å²) in [5.41, 5.74) is 9.04. The van der Waals surface area contributed by atoms with Gasteiger partial charge in [-0.3, -0.25) is 0 Å². The van der Waals surface area contributed by atoms with E-state index in [0.717, 1.165) is 16.7 Å². The zero-order valence-electron chi connectivity index (χ0n) is 8.33. The van der Waals surface area contributed by atoms with Crippen molar-refractivity contribution in [2.45, 2.75) is 25.8 Å². The van der Waals surface area contributed by atoms with Gasteiger partial charge < -0.3 is 5.73 Å². The smallest absolute Gasteiger partial charge is 0.0991 e. The summed E-state index contributed by atoms with van der Waals surface area (Å²) in [6.45, 7) is 2.00. The van der Waals surface area contributed by atoms with Crippen LogP contribution in [0.5, 0.6) is 0 Å². The Hall–Kier alpha value is -1.33. The lowest BCUT2D eigenvalue weighted by Crippen LogP contribution is -2.12. The molecule has 1 aliphatic rings. The predicted molar refractivity (Wildman–Crippen MR) is 55.5 cm³/mol. The van der Waals surface area contributed by atoms with Crippen molar-refractivity contribution in [3.8, 4) is 6.07 Å². The first-order valence-corrected chi connectivity index (χ1v) is 4.98. The topological polar surface area (TPSA) is 49.8 Å². The number of hydrogen-bond acceptors (Lipinski definition) is 2. The molecule has 14 heavy (non-hydrogen) atoms. The van der Waals surface area contributed by atoms with Gasteiger partial charge in [0.1, 0.15) is 0 Å². The Kier molecular flexibility index (Phi) is 2.26. The quantitative estimate of drug-likeness (QED) is 0.770. The molecular weight excluding hydrogens is 172 g/mol. The molecule has 1 aromatic carbocycles. The molecular formula is C12H14N2. The van der Waals surface area contributed by atoms with E-state index in [0.29, 0.717) is 5.92 Å². The van der Waals surface area contributed by atoms with E-state index in [1.54, 1.807) is 0 Å². The van der Waals surface area contributed by atoms with Gasteiger partial charge in [0.2, 0.25) is 0 Å². The van der Waals surface area contributed by atoms with Gasteiger partial charge in [-0.1, -0.05) is 6.07 Å². The fourth-order valence-electron chi connectivity index (χ4n) is 1.80. The number of benzene rings is 1. The zero-order valence-corrected chi connectivity index (χ0v) is 8.33. The average molecular weight is 186 g/mol. The van der Waals surface area contributed by atoms with Crippen molar-refractivity contribution in [3.05, 3.63) is 34.9 Å². The Labute approximate surface area is 84.3 Å². The molecule has 0 spiro atoms. The molecule has 0 aromatic heterocycles. The Morgan fingerprint density at radius 2 is 2.14 bits per heavy atom. The Balaban J connectivity index is 2.32. The maximum Gasteiger partial charge on any atom is 0.0991 e. The summed E-state index contributed by atoms with van der Waals surface area (Å²) in [6, 6.07) is 8.19. The van der Waals surface area contributed by atoms with E-state index in [2.05, 4.69) is 12.1 Å². The molecule has 1 fully saturated rings. The lowest BCUT2D eigenvalue weighted by Gasteiger charge is -2.11. The highest BCUT2D eigenvalue weighted by atomic mass is 14.7. The molecule has 2 nitrogen and oxygen atoms in total. The summed E-state index contributed by atoms with van der Waals surface area (Å²) in [5, 5.41) is 8.83. The first-order valence-electron chi connectivity index (χ1n) is 4.98. The van der Waals surface area contributed by atoms with Crippen molar-refractivity contribution in [1.82, 2.24) is 0 Å². The van der Waals surface area contributed by atoms with Gasteiger partial charge in [0, 0.05) is 6.04 Å². The molecule has 2 rings (SSSR count). The van der Waals surface area contributed by atoms with Crippen molar-refractivity contribution in [2.24, 2.45) is 11.7 Å². The second-order valence-electron chi connectivity index (χ2n) is 4.11. The summed E-state index contributed by atoms with van der Waals surface area (Å²) < 4.78 is 0. The van der Waals surface area contributed by atoms with Crippen LogP contribution in [0.1, 0.15) is 35.6 Å². The first-order chi connectivity index (χ1) is 6.70. The SMILES string of the molecule is Cc1cc(C#N)cc(C(N)C2CC2)c1. The van der Waals surface area contributed by atoms with Gasteiger partial charge in [-0.05, 0) is 48.9 Å². The zero-order chi connectivity index (χ0) is 10.1. The molecule has 2 heteroatoms. The third-order valence-electron chi connectivity index (χ3n) is 2.74. The lowest BCUT2D eigenvalue weighted by atomic mass is 9.99.